The minimum absolute atomic E-state index is 0.143. The predicted octanol–water partition coefficient (Wildman–Crippen LogP) is 5.49. The van der Waals surface area contributed by atoms with Gasteiger partial charge in [0.1, 0.15) is 17.6 Å². The van der Waals surface area contributed by atoms with Crippen molar-refractivity contribution in [2.45, 2.75) is 18.9 Å². The molecule has 1 aliphatic heterocycles. The van der Waals surface area contributed by atoms with Crippen molar-refractivity contribution in [1.29, 1.82) is 0 Å². The maximum absolute atomic E-state index is 15.0. The molecule has 3 aromatic carbocycles. The second-order valence-corrected chi connectivity index (χ2v) is 8.72. The smallest absolute Gasteiger partial charge is 0.326 e. The summed E-state index contributed by atoms with van der Waals surface area (Å²) in [5.41, 5.74) is 6.81. The van der Waals surface area contributed by atoms with Crippen LogP contribution in [-0.2, 0) is 4.79 Å². The van der Waals surface area contributed by atoms with Crippen molar-refractivity contribution in [3.63, 3.8) is 0 Å². The number of aliphatic carboxylic acids is 1. The molecule has 2 heterocycles. The summed E-state index contributed by atoms with van der Waals surface area (Å²) in [7, 11) is 0. The molecule has 8 nitrogen and oxygen atoms in total. The number of halogens is 3. The highest BCUT2D eigenvalue weighted by molar-refractivity contribution is 6.31. The van der Waals surface area contributed by atoms with Gasteiger partial charge in [-0.2, -0.15) is 0 Å². The predicted molar refractivity (Wildman–Crippen MR) is 127 cm³/mol. The van der Waals surface area contributed by atoms with Crippen LogP contribution in [0.4, 0.5) is 14.6 Å². The first kappa shape index (κ1) is 23.6. The van der Waals surface area contributed by atoms with E-state index in [4.69, 9.17) is 26.6 Å². The number of carbonyl (C=O) groups is 2. The van der Waals surface area contributed by atoms with Crippen LogP contribution in [0.15, 0.2) is 53.1 Å². The molecule has 1 aromatic heterocycles. The van der Waals surface area contributed by atoms with Gasteiger partial charge < -0.3 is 25.0 Å². The van der Waals surface area contributed by atoms with Crippen molar-refractivity contribution in [2.24, 2.45) is 0 Å². The Morgan fingerprint density at radius 2 is 1.92 bits per heavy atom. The van der Waals surface area contributed by atoms with Crippen molar-refractivity contribution >= 4 is 40.3 Å². The molecule has 4 aromatic rings. The number of carboxylic acids is 1. The zero-order valence-corrected chi connectivity index (χ0v) is 19.3. The summed E-state index contributed by atoms with van der Waals surface area (Å²) in [6.45, 7) is 0.143. The van der Waals surface area contributed by atoms with Gasteiger partial charge >= 0.3 is 5.97 Å². The Hall–Kier alpha value is -4.18. The van der Waals surface area contributed by atoms with Crippen LogP contribution in [0.3, 0.4) is 0 Å². The van der Waals surface area contributed by atoms with Gasteiger partial charge in [-0.3, -0.25) is 4.79 Å². The van der Waals surface area contributed by atoms with Crippen LogP contribution in [0.5, 0.6) is 11.5 Å². The lowest BCUT2D eigenvalue weighted by Gasteiger charge is -2.22. The standard InChI is InChI=1S/C25H18ClF2N3O5/c26-13-4-6-20(14(9-13)12-3-5-21-16(8-12)23(29)30-36-21)35-22-11-17(27)15(10-18(22)28)24(32)31-7-1-2-19(31)25(33)34/h3-6,8-11,19H,1-2,7H2,(H2,29,30)(H,33,34)/t19-/m0/s1. The molecule has 1 atom stereocenters. The average molecular weight is 514 g/mol. The third kappa shape index (κ3) is 4.20. The van der Waals surface area contributed by atoms with E-state index in [1.807, 2.05) is 0 Å². The summed E-state index contributed by atoms with van der Waals surface area (Å²) < 4.78 is 40.8. The molecule has 1 fully saturated rings. The lowest BCUT2D eigenvalue weighted by atomic mass is 10.0. The number of nitrogen functional groups attached to an aromatic ring is 1. The van der Waals surface area contributed by atoms with Crippen LogP contribution in [0.1, 0.15) is 23.2 Å². The van der Waals surface area contributed by atoms with Gasteiger partial charge in [0.25, 0.3) is 5.91 Å². The number of anilines is 1. The summed E-state index contributed by atoms with van der Waals surface area (Å²) in [4.78, 5) is 25.2. The van der Waals surface area contributed by atoms with E-state index >= 15 is 4.39 Å². The molecule has 0 aliphatic carbocycles. The molecule has 36 heavy (non-hydrogen) atoms. The first-order chi connectivity index (χ1) is 17.2. The molecule has 184 valence electrons. The van der Waals surface area contributed by atoms with Crippen LogP contribution < -0.4 is 10.5 Å². The summed E-state index contributed by atoms with van der Waals surface area (Å²) >= 11 is 6.18. The van der Waals surface area contributed by atoms with E-state index < -0.39 is 40.9 Å². The van der Waals surface area contributed by atoms with E-state index in [0.717, 1.165) is 11.0 Å². The van der Waals surface area contributed by atoms with Gasteiger partial charge in [-0.15, -0.1) is 0 Å². The number of nitrogens with two attached hydrogens (primary N) is 1. The van der Waals surface area contributed by atoms with E-state index in [1.165, 1.54) is 12.1 Å². The number of carbonyl (C=O) groups excluding carboxylic acids is 1. The topological polar surface area (TPSA) is 119 Å². The zero-order valence-electron chi connectivity index (χ0n) is 18.5. The summed E-state index contributed by atoms with van der Waals surface area (Å²) in [5.74, 6) is -4.23. The quantitative estimate of drug-likeness (QED) is 0.362. The lowest BCUT2D eigenvalue weighted by Crippen LogP contribution is -2.40. The third-order valence-electron chi connectivity index (χ3n) is 6.02. The first-order valence-corrected chi connectivity index (χ1v) is 11.3. The second-order valence-electron chi connectivity index (χ2n) is 8.28. The minimum atomic E-state index is -1.19. The largest absolute Gasteiger partial charge is 0.480 e. The van der Waals surface area contributed by atoms with Crippen molar-refractivity contribution in [3.8, 4) is 22.6 Å². The van der Waals surface area contributed by atoms with Crippen molar-refractivity contribution in [2.75, 3.05) is 12.3 Å². The number of hydrogen-bond acceptors (Lipinski definition) is 6. The van der Waals surface area contributed by atoms with Gasteiger partial charge in [-0.1, -0.05) is 22.8 Å². The Labute approximate surface area is 207 Å². The Morgan fingerprint density at radius 3 is 2.69 bits per heavy atom. The Bertz CT molecular complexity index is 1520. The highest BCUT2D eigenvalue weighted by Crippen LogP contribution is 2.38. The number of amides is 1. The van der Waals surface area contributed by atoms with E-state index in [-0.39, 0.29) is 24.5 Å². The maximum atomic E-state index is 15.0. The number of carboxylic acid groups (broad SMARTS) is 1. The number of aromatic nitrogens is 1. The molecule has 1 aliphatic rings. The Balaban J connectivity index is 1.49. The second kappa shape index (κ2) is 9.12. The van der Waals surface area contributed by atoms with Crippen LogP contribution >= 0.6 is 11.6 Å². The van der Waals surface area contributed by atoms with E-state index in [9.17, 15) is 19.1 Å². The van der Waals surface area contributed by atoms with Crippen LogP contribution in [0.25, 0.3) is 22.1 Å². The third-order valence-corrected chi connectivity index (χ3v) is 6.26. The number of fused-ring (bicyclic) bond motifs is 1. The fourth-order valence-corrected chi connectivity index (χ4v) is 4.42. The fraction of sp³-hybridized carbons (Fsp3) is 0.160. The monoisotopic (exact) mass is 513 g/mol. The van der Waals surface area contributed by atoms with Gasteiger partial charge in [0, 0.05) is 23.2 Å². The number of rotatable bonds is 5. The van der Waals surface area contributed by atoms with E-state index in [0.29, 0.717) is 39.6 Å². The van der Waals surface area contributed by atoms with Gasteiger partial charge in [-0.05, 0) is 54.8 Å². The number of nitrogens with zero attached hydrogens (tertiary/aromatic N) is 2. The number of likely N-dealkylation sites (tertiary alicyclic amines) is 1. The molecule has 0 saturated carbocycles. The molecule has 0 bridgehead atoms. The van der Waals surface area contributed by atoms with Crippen molar-refractivity contribution in [3.05, 3.63) is 70.8 Å². The normalized spacial score (nSPS) is 15.4. The van der Waals surface area contributed by atoms with Crippen LogP contribution in [0.2, 0.25) is 5.02 Å². The molecule has 11 heteroatoms. The molecule has 0 unspecified atom stereocenters. The first-order valence-electron chi connectivity index (χ1n) is 10.9. The van der Waals surface area contributed by atoms with E-state index in [1.54, 1.807) is 24.3 Å². The fourth-order valence-electron chi connectivity index (χ4n) is 4.25. The molecule has 3 N–H and O–H groups in total. The molecular formula is C25H18ClF2N3O5. The summed E-state index contributed by atoms with van der Waals surface area (Å²) in [6.07, 6.45) is 0.706. The Kier molecular flexibility index (Phi) is 5.97. The molecule has 0 radical (unpaired) electrons. The summed E-state index contributed by atoms with van der Waals surface area (Å²) in [5, 5.41) is 14.0. The molecule has 5 rings (SSSR count). The zero-order chi connectivity index (χ0) is 25.6. The lowest BCUT2D eigenvalue weighted by molar-refractivity contribution is -0.141. The van der Waals surface area contributed by atoms with Gasteiger partial charge in [0.2, 0.25) is 0 Å². The average Bonchev–Trinajstić information content (AvgIpc) is 3.49. The van der Waals surface area contributed by atoms with Crippen molar-refractivity contribution in [1.82, 2.24) is 10.1 Å². The minimum Gasteiger partial charge on any atom is -0.480 e. The highest BCUT2D eigenvalue weighted by atomic mass is 35.5. The highest BCUT2D eigenvalue weighted by Gasteiger charge is 2.35. The Morgan fingerprint density at radius 1 is 1.11 bits per heavy atom. The van der Waals surface area contributed by atoms with Gasteiger partial charge in [0.05, 0.1) is 10.9 Å². The number of ether oxygens (including phenoxy) is 1. The molecular weight excluding hydrogens is 496 g/mol. The SMILES string of the molecule is Nc1noc2ccc(-c3cc(Cl)ccc3Oc3cc(F)c(C(=O)N4CCC[C@H]4C(=O)O)cc3F)cc12. The summed E-state index contributed by atoms with van der Waals surface area (Å²) in [6, 6.07) is 10.1. The molecule has 1 amide bonds. The maximum Gasteiger partial charge on any atom is 0.326 e. The number of benzene rings is 3. The molecule has 0 spiro atoms. The number of hydrogen-bond donors (Lipinski definition) is 2. The van der Waals surface area contributed by atoms with Gasteiger partial charge in [-0.25, -0.2) is 13.6 Å². The van der Waals surface area contributed by atoms with E-state index in [2.05, 4.69) is 5.16 Å². The van der Waals surface area contributed by atoms with Crippen molar-refractivity contribution < 1.29 is 32.7 Å². The van der Waals surface area contributed by atoms with Crippen LogP contribution in [0, 0.1) is 11.6 Å². The van der Waals surface area contributed by atoms with Crippen LogP contribution in [-0.4, -0.2) is 39.6 Å². The molecule has 1 saturated heterocycles. The van der Waals surface area contributed by atoms with Gasteiger partial charge in [0.15, 0.2) is 23.0 Å².